The molecule has 0 fully saturated rings. The van der Waals surface area contributed by atoms with E-state index < -0.39 is 0 Å². The van der Waals surface area contributed by atoms with Gasteiger partial charge >= 0.3 is 0 Å². The number of benzene rings is 1. The number of hydrogen-bond donors (Lipinski definition) is 1. The number of amides is 1. The van der Waals surface area contributed by atoms with Crippen LogP contribution in [-0.4, -0.2) is 48.5 Å². The molecule has 0 spiro atoms. The standard InChI is InChI=1S/C16H25NO3S/c1-3-20-14-7-9-15(10-8-14)21-13-16(19)17(2)11-5-4-6-12-18/h7-10,18H,3-6,11-13H2,1-2H3. The lowest BCUT2D eigenvalue weighted by atomic mass is 10.2. The van der Waals surface area contributed by atoms with Gasteiger partial charge in [0.2, 0.25) is 5.91 Å². The van der Waals surface area contributed by atoms with E-state index in [-0.39, 0.29) is 12.5 Å². The number of thioether (sulfide) groups is 1. The van der Waals surface area contributed by atoms with Crippen molar-refractivity contribution in [2.45, 2.75) is 31.1 Å². The Labute approximate surface area is 131 Å². The fourth-order valence-electron chi connectivity index (χ4n) is 1.82. The molecule has 0 radical (unpaired) electrons. The Balaban J connectivity index is 2.28. The Hall–Kier alpha value is -1.20. The van der Waals surface area contributed by atoms with E-state index in [1.165, 1.54) is 0 Å². The van der Waals surface area contributed by atoms with Gasteiger partial charge in [0.15, 0.2) is 0 Å². The number of rotatable bonds is 10. The van der Waals surface area contributed by atoms with Crippen molar-refractivity contribution in [3.8, 4) is 5.75 Å². The summed E-state index contributed by atoms with van der Waals surface area (Å²) in [5.41, 5.74) is 0. The molecule has 0 atom stereocenters. The predicted octanol–water partition coefficient (Wildman–Crippen LogP) is 2.80. The van der Waals surface area contributed by atoms with E-state index in [0.29, 0.717) is 12.4 Å². The van der Waals surface area contributed by atoms with Crippen LogP contribution in [0, 0.1) is 0 Å². The molecule has 0 bridgehead atoms. The Bertz CT molecular complexity index is 408. The number of nitrogens with zero attached hydrogens (tertiary/aromatic N) is 1. The number of carbonyl (C=O) groups excluding carboxylic acids is 1. The first-order valence-corrected chi connectivity index (χ1v) is 8.36. The third kappa shape index (κ3) is 7.39. The number of aliphatic hydroxyl groups excluding tert-OH is 1. The lowest BCUT2D eigenvalue weighted by Gasteiger charge is -2.16. The highest BCUT2D eigenvalue weighted by molar-refractivity contribution is 8.00. The van der Waals surface area contributed by atoms with Gasteiger partial charge in [0, 0.05) is 25.1 Å². The van der Waals surface area contributed by atoms with Crippen LogP contribution in [0.2, 0.25) is 0 Å². The number of aliphatic hydroxyl groups is 1. The second-order valence-electron chi connectivity index (χ2n) is 4.79. The maximum absolute atomic E-state index is 12.0. The molecule has 5 heteroatoms. The van der Waals surface area contributed by atoms with Crippen molar-refractivity contribution in [2.75, 3.05) is 32.6 Å². The first kappa shape index (κ1) is 17.9. The van der Waals surface area contributed by atoms with E-state index >= 15 is 0 Å². The zero-order valence-corrected chi connectivity index (χ0v) is 13.7. The van der Waals surface area contributed by atoms with Gasteiger partial charge < -0.3 is 14.7 Å². The summed E-state index contributed by atoms with van der Waals surface area (Å²) >= 11 is 1.54. The van der Waals surface area contributed by atoms with Crippen molar-refractivity contribution >= 4 is 17.7 Å². The van der Waals surface area contributed by atoms with Gasteiger partial charge in [-0.3, -0.25) is 4.79 Å². The Kier molecular flexibility index (Phi) is 8.94. The van der Waals surface area contributed by atoms with Crippen molar-refractivity contribution in [1.82, 2.24) is 4.90 Å². The van der Waals surface area contributed by atoms with Crippen LogP contribution in [0.3, 0.4) is 0 Å². The van der Waals surface area contributed by atoms with Crippen LogP contribution < -0.4 is 4.74 Å². The summed E-state index contributed by atoms with van der Waals surface area (Å²) in [5, 5.41) is 8.71. The topological polar surface area (TPSA) is 49.8 Å². The highest BCUT2D eigenvalue weighted by atomic mass is 32.2. The van der Waals surface area contributed by atoms with Gasteiger partial charge in [-0.15, -0.1) is 11.8 Å². The van der Waals surface area contributed by atoms with Gasteiger partial charge in [-0.1, -0.05) is 0 Å². The quantitative estimate of drug-likeness (QED) is 0.533. The van der Waals surface area contributed by atoms with E-state index in [4.69, 9.17) is 9.84 Å². The summed E-state index contributed by atoms with van der Waals surface area (Å²) in [6, 6.07) is 7.80. The fraction of sp³-hybridized carbons (Fsp3) is 0.562. The maximum atomic E-state index is 12.0. The molecule has 0 aliphatic heterocycles. The molecule has 0 saturated carbocycles. The van der Waals surface area contributed by atoms with Crippen LogP contribution in [0.15, 0.2) is 29.2 Å². The molecule has 118 valence electrons. The van der Waals surface area contributed by atoms with Gasteiger partial charge in [0.05, 0.1) is 12.4 Å². The van der Waals surface area contributed by atoms with Crippen LogP contribution in [0.25, 0.3) is 0 Å². The number of ether oxygens (including phenoxy) is 1. The molecule has 4 nitrogen and oxygen atoms in total. The highest BCUT2D eigenvalue weighted by Gasteiger charge is 2.08. The lowest BCUT2D eigenvalue weighted by Crippen LogP contribution is -2.29. The molecule has 21 heavy (non-hydrogen) atoms. The fourth-order valence-corrected chi connectivity index (χ4v) is 2.66. The summed E-state index contributed by atoms with van der Waals surface area (Å²) in [4.78, 5) is 14.8. The summed E-state index contributed by atoms with van der Waals surface area (Å²) in [5.74, 6) is 1.44. The number of hydrogen-bond acceptors (Lipinski definition) is 4. The molecule has 1 N–H and O–H groups in total. The Morgan fingerprint density at radius 1 is 1.24 bits per heavy atom. The summed E-state index contributed by atoms with van der Waals surface area (Å²) in [7, 11) is 1.83. The molecule has 1 aromatic rings. The largest absolute Gasteiger partial charge is 0.494 e. The third-order valence-electron chi connectivity index (χ3n) is 3.07. The average molecular weight is 311 g/mol. The van der Waals surface area contributed by atoms with E-state index in [2.05, 4.69) is 0 Å². The van der Waals surface area contributed by atoms with Gasteiger partial charge in [0.1, 0.15) is 5.75 Å². The minimum absolute atomic E-state index is 0.137. The number of carbonyl (C=O) groups is 1. The Morgan fingerprint density at radius 3 is 2.57 bits per heavy atom. The Morgan fingerprint density at radius 2 is 1.95 bits per heavy atom. The molecule has 0 saturated heterocycles. The van der Waals surface area contributed by atoms with Crippen molar-refractivity contribution in [3.05, 3.63) is 24.3 Å². The van der Waals surface area contributed by atoms with Gasteiger partial charge in [-0.2, -0.15) is 0 Å². The molecule has 0 aliphatic rings. The van der Waals surface area contributed by atoms with E-state index in [1.54, 1.807) is 16.7 Å². The molecule has 1 amide bonds. The van der Waals surface area contributed by atoms with Crippen LogP contribution in [0.4, 0.5) is 0 Å². The van der Waals surface area contributed by atoms with Crippen molar-refractivity contribution in [3.63, 3.8) is 0 Å². The highest BCUT2D eigenvalue weighted by Crippen LogP contribution is 2.21. The lowest BCUT2D eigenvalue weighted by molar-refractivity contribution is -0.127. The SMILES string of the molecule is CCOc1ccc(SCC(=O)N(C)CCCCCO)cc1. The molecule has 1 rings (SSSR count). The zero-order valence-electron chi connectivity index (χ0n) is 12.9. The predicted molar refractivity (Wildman–Crippen MR) is 86.9 cm³/mol. The van der Waals surface area contributed by atoms with Gasteiger partial charge in [-0.05, 0) is 50.5 Å². The van der Waals surface area contributed by atoms with Crippen LogP contribution in [0.1, 0.15) is 26.2 Å². The molecule has 0 aliphatic carbocycles. The summed E-state index contributed by atoms with van der Waals surface area (Å²) < 4.78 is 5.39. The van der Waals surface area contributed by atoms with E-state index in [0.717, 1.165) is 36.5 Å². The zero-order chi connectivity index (χ0) is 15.5. The normalized spacial score (nSPS) is 10.4. The van der Waals surface area contributed by atoms with Crippen molar-refractivity contribution in [1.29, 1.82) is 0 Å². The van der Waals surface area contributed by atoms with E-state index in [1.807, 2.05) is 38.2 Å². The first-order chi connectivity index (χ1) is 10.2. The first-order valence-electron chi connectivity index (χ1n) is 7.38. The van der Waals surface area contributed by atoms with Crippen LogP contribution in [-0.2, 0) is 4.79 Å². The summed E-state index contributed by atoms with van der Waals surface area (Å²) in [6.07, 6.45) is 2.71. The van der Waals surface area contributed by atoms with Crippen molar-refractivity contribution < 1.29 is 14.6 Å². The molecule has 0 heterocycles. The smallest absolute Gasteiger partial charge is 0.232 e. The number of unbranched alkanes of at least 4 members (excludes halogenated alkanes) is 2. The van der Waals surface area contributed by atoms with Crippen LogP contribution >= 0.6 is 11.8 Å². The van der Waals surface area contributed by atoms with Crippen molar-refractivity contribution in [2.24, 2.45) is 0 Å². The maximum Gasteiger partial charge on any atom is 0.232 e. The average Bonchev–Trinajstić information content (AvgIpc) is 2.50. The minimum Gasteiger partial charge on any atom is -0.494 e. The monoisotopic (exact) mass is 311 g/mol. The molecule has 0 unspecified atom stereocenters. The second kappa shape index (κ2) is 10.5. The minimum atomic E-state index is 0.137. The molecule has 1 aromatic carbocycles. The van der Waals surface area contributed by atoms with Gasteiger partial charge in [-0.25, -0.2) is 0 Å². The van der Waals surface area contributed by atoms with E-state index in [9.17, 15) is 4.79 Å². The molecular formula is C16H25NO3S. The second-order valence-corrected chi connectivity index (χ2v) is 5.84. The van der Waals surface area contributed by atoms with Crippen LogP contribution in [0.5, 0.6) is 5.75 Å². The molecule has 0 aromatic heterocycles. The third-order valence-corrected chi connectivity index (χ3v) is 4.07. The van der Waals surface area contributed by atoms with Gasteiger partial charge in [0.25, 0.3) is 0 Å². The summed E-state index contributed by atoms with van der Waals surface area (Å²) in [6.45, 7) is 3.59. The molecular weight excluding hydrogens is 286 g/mol.